The van der Waals surface area contributed by atoms with Crippen molar-refractivity contribution in [2.24, 2.45) is 17.8 Å². The molecule has 0 aliphatic heterocycles. The molecule has 104 valence electrons. The van der Waals surface area contributed by atoms with Gasteiger partial charge < -0.3 is 10.2 Å². The zero-order valence-electron chi connectivity index (χ0n) is 12.2. The van der Waals surface area contributed by atoms with E-state index < -0.39 is 17.5 Å². The maximum atomic E-state index is 11.5. The molecule has 0 aromatic carbocycles. The first-order valence-corrected chi connectivity index (χ1v) is 6.82. The van der Waals surface area contributed by atoms with Gasteiger partial charge >= 0.3 is 5.97 Å². The van der Waals surface area contributed by atoms with Gasteiger partial charge in [0.05, 0.1) is 11.5 Å². The van der Waals surface area contributed by atoms with Crippen LogP contribution in [0.2, 0.25) is 0 Å². The molecule has 3 nitrogen and oxygen atoms in total. The third kappa shape index (κ3) is 2.77. The smallest absolute Gasteiger partial charge is 0.310 e. The van der Waals surface area contributed by atoms with Crippen LogP contribution in [0.1, 0.15) is 53.9 Å². The molecule has 2 N–H and O–H groups in total. The van der Waals surface area contributed by atoms with Crippen molar-refractivity contribution in [1.82, 2.24) is 0 Å². The molecule has 0 radical (unpaired) electrons. The van der Waals surface area contributed by atoms with Crippen LogP contribution in [0.25, 0.3) is 0 Å². The molecule has 0 aromatic rings. The number of hydrogen-bond donors (Lipinski definition) is 2. The predicted molar refractivity (Wildman–Crippen MR) is 72.3 cm³/mol. The number of carboxylic acids is 1. The van der Waals surface area contributed by atoms with E-state index in [-0.39, 0.29) is 5.92 Å². The Morgan fingerprint density at radius 2 is 1.94 bits per heavy atom. The van der Waals surface area contributed by atoms with Crippen LogP contribution in [-0.2, 0) is 4.79 Å². The van der Waals surface area contributed by atoms with Gasteiger partial charge in [-0.1, -0.05) is 26.3 Å². The van der Waals surface area contributed by atoms with Gasteiger partial charge in [-0.2, -0.15) is 0 Å². The highest BCUT2D eigenvalue weighted by Gasteiger charge is 2.48. The number of carbonyl (C=O) groups is 1. The lowest BCUT2D eigenvalue weighted by atomic mass is 9.65. The third-order valence-corrected chi connectivity index (χ3v) is 4.12. The van der Waals surface area contributed by atoms with Crippen molar-refractivity contribution in [3.8, 4) is 0 Å². The van der Waals surface area contributed by atoms with Crippen molar-refractivity contribution in [3.63, 3.8) is 0 Å². The van der Waals surface area contributed by atoms with E-state index in [1.807, 2.05) is 27.7 Å². The first kappa shape index (κ1) is 15.2. The molecule has 0 amide bonds. The zero-order chi connectivity index (χ0) is 14.1. The summed E-state index contributed by atoms with van der Waals surface area (Å²) in [6.07, 6.45) is 2.41. The van der Waals surface area contributed by atoms with E-state index in [2.05, 4.69) is 6.92 Å². The molecule has 1 fully saturated rings. The van der Waals surface area contributed by atoms with Gasteiger partial charge in [0.15, 0.2) is 0 Å². The van der Waals surface area contributed by atoms with E-state index in [9.17, 15) is 15.0 Å². The summed E-state index contributed by atoms with van der Waals surface area (Å²) < 4.78 is 0. The number of carboxylic acid groups (broad SMARTS) is 1. The van der Waals surface area contributed by atoms with E-state index in [0.717, 1.165) is 24.0 Å². The second-order valence-corrected chi connectivity index (χ2v) is 6.31. The van der Waals surface area contributed by atoms with E-state index in [4.69, 9.17) is 0 Å². The molecule has 3 unspecified atom stereocenters. The second kappa shape index (κ2) is 5.43. The molecular weight excluding hydrogens is 228 g/mol. The first-order chi connectivity index (χ1) is 8.20. The van der Waals surface area contributed by atoms with Crippen molar-refractivity contribution in [3.05, 3.63) is 11.1 Å². The number of rotatable bonds is 3. The van der Waals surface area contributed by atoms with Crippen molar-refractivity contribution in [2.45, 2.75) is 59.5 Å². The maximum Gasteiger partial charge on any atom is 0.310 e. The summed E-state index contributed by atoms with van der Waals surface area (Å²) in [5.74, 6) is -1.31. The summed E-state index contributed by atoms with van der Waals surface area (Å²) >= 11 is 0. The molecule has 3 heteroatoms. The van der Waals surface area contributed by atoms with Gasteiger partial charge in [-0.3, -0.25) is 4.79 Å². The summed E-state index contributed by atoms with van der Waals surface area (Å²) in [5.41, 5.74) is 0.842. The number of allylic oxidation sites excluding steroid dienone is 1. The summed E-state index contributed by atoms with van der Waals surface area (Å²) in [6.45, 7) is 9.77. The summed E-state index contributed by atoms with van der Waals surface area (Å²) in [7, 11) is 0. The van der Waals surface area contributed by atoms with E-state index in [1.165, 1.54) is 0 Å². The van der Waals surface area contributed by atoms with Crippen LogP contribution in [0.5, 0.6) is 0 Å². The Labute approximate surface area is 110 Å². The van der Waals surface area contributed by atoms with Gasteiger partial charge in [-0.05, 0) is 50.5 Å². The van der Waals surface area contributed by atoms with Gasteiger partial charge in [0.1, 0.15) is 0 Å². The third-order valence-electron chi connectivity index (χ3n) is 4.12. The monoisotopic (exact) mass is 254 g/mol. The number of aliphatic carboxylic acids is 1. The molecule has 1 aliphatic rings. The van der Waals surface area contributed by atoms with E-state index in [0.29, 0.717) is 12.3 Å². The molecule has 0 bridgehead atoms. The van der Waals surface area contributed by atoms with Crippen LogP contribution < -0.4 is 0 Å². The van der Waals surface area contributed by atoms with Crippen molar-refractivity contribution in [2.75, 3.05) is 0 Å². The van der Waals surface area contributed by atoms with Gasteiger partial charge in [0, 0.05) is 0 Å². The molecule has 0 heterocycles. The Bertz CT molecular complexity index is 353. The number of hydrogen-bond acceptors (Lipinski definition) is 2. The highest BCUT2D eigenvalue weighted by molar-refractivity contribution is 5.73. The van der Waals surface area contributed by atoms with Crippen molar-refractivity contribution >= 4 is 5.97 Å². The molecule has 18 heavy (non-hydrogen) atoms. The van der Waals surface area contributed by atoms with E-state index in [1.54, 1.807) is 0 Å². The Kier molecular flexibility index (Phi) is 4.60. The predicted octanol–water partition coefficient (Wildman–Crippen LogP) is 3.23. The maximum absolute atomic E-state index is 11.5. The minimum Gasteiger partial charge on any atom is -0.481 e. The molecule has 0 aromatic heterocycles. The van der Waals surface area contributed by atoms with Gasteiger partial charge in [0.25, 0.3) is 0 Å². The Morgan fingerprint density at radius 1 is 1.39 bits per heavy atom. The molecule has 0 saturated heterocycles. The summed E-state index contributed by atoms with van der Waals surface area (Å²) in [4.78, 5) is 11.5. The van der Waals surface area contributed by atoms with Crippen molar-refractivity contribution < 1.29 is 15.0 Å². The normalized spacial score (nSPS) is 30.4. The first-order valence-electron chi connectivity index (χ1n) is 6.82. The number of aliphatic hydroxyl groups is 1. The van der Waals surface area contributed by atoms with Crippen LogP contribution in [0, 0.1) is 17.8 Å². The quantitative estimate of drug-likeness (QED) is 0.760. The van der Waals surface area contributed by atoms with Crippen molar-refractivity contribution in [1.29, 1.82) is 0 Å². The van der Waals surface area contributed by atoms with Gasteiger partial charge in [-0.15, -0.1) is 0 Å². The molecule has 0 spiro atoms. The van der Waals surface area contributed by atoms with Crippen LogP contribution in [0.4, 0.5) is 0 Å². The average molecular weight is 254 g/mol. The average Bonchev–Trinajstić information content (AvgIpc) is 2.13. The summed E-state index contributed by atoms with van der Waals surface area (Å²) in [5, 5.41) is 20.5. The fourth-order valence-electron chi connectivity index (χ4n) is 3.40. The van der Waals surface area contributed by atoms with Gasteiger partial charge in [0.2, 0.25) is 0 Å². The summed E-state index contributed by atoms with van der Waals surface area (Å²) in [6, 6.07) is 0. The standard InChI is InChI=1S/C15H26O3/c1-9(2)12-7-6-11(5)8-15(12,18)13(10(3)4)14(16)17/h10-11,13,18H,6-8H2,1-5H3,(H,16,17). The molecule has 1 aliphatic carbocycles. The molecule has 1 saturated carbocycles. The van der Waals surface area contributed by atoms with Crippen LogP contribution >= 0.6 is 0 Å². The highest BCUT2D eigenvalue weighted by Crippen LogP contribution is 2.45. The molecule has 3 atom stereocenters. The minimum absolute atomic E-state index is 0.0767. The Hall–Kier alpha value is -0.830. The largest absolute Gasteiger partial charge is 0.481 e. The van der Waals surface area contributed by atoms with Gasteiger partial charge in [-0.25, -0.2) is 0 Å². The van der Waals surface area contributed by atoms with Crippen LogP contribution in [0.3, 0.4) is 0 Å². The van der Waals surface area contributed by atoms with E-state index >= 15 is 0 Å². The lowest BCUT2D eigenvalue weighted by molar-refractivity contribution is -0.155. The fourth-order valence-corrected chi connectivity index (χ4v) is 3.40. The van der Waals surface area contributed by atoms with Crippen LogP contribution in [-0.4, -0.2) is 21.8 Å². The lowest BCUT2D eigenvalue weighted by Gasteiger charge is -2.44. The zero-order valence-corrected chi connectivity index (χ0v) is 12.2. The van der Waals surface area contributed by atoms with Crippen LogP contribution in [0.15, 0.2) is 11.1 Å². The highest BCUT2D eigenvalue weighted by atomic mass is 16.4. The second-order valence-electron chi connectivity index (χ2n) is 6.31. The topological polar surface area (TPSA) is 57.5 Å². The minimum atomic E-state index is -1.17. The Balaban J connectivity index is 3.26. The molecular formula is C15H26O3. The Morgan fingerprint density at radius 3 is 2.33 bits per heavy atom. The fraction of sp³-hybridized carbons (Fsp3) is 0.800. The lowest BCUT2D eigenvalue weighted by Crippen LogP contribution is -2.50. The SMILES string of the molecule is CC(C)=C1CCC(C)CC1(O)C(C(=O)O)C(C)C. The molecule has 1 rings (SSSR count).